The second-order valence-corrected chi connectivity index (χ2v) is 12.9. The smallest absolute Gasteiger partial charge is 0.356 e. The summed E-state index contributed by atoms with van der Waals surface area (Å²) in [6, 6.07) is -2.10. The van der Waals surface area contributed by atoms with E-state index in [2.05, 4.69) is 21.3 Å². The Morgan fingerprint density at radius 2 is 1.66 bits per heavy atom. The van der Waals surface area contributed by atoms with Gasteiger partial charge in [0.2, 0.25) is 17.7 Å². The molecule has 0 aromatic rings. The molecule has 0 bridgehead atoms. The minimum absolute atomic E-state index is 0. The zero-order valence-corrected chi connectivity index (χ0v) is 27.7. The number of rotatable bonds is 14. The summed E-state index contributed by atoms with van der Waals surface area (Å²) >= 11 is 0. The van der Waals surface area contributed by atoms with Crippen molar-refractivity contribution in [1.29, 1.82) is 0 Å². The topological polar surface area (TPSA) is 159 Å². The van der Waals surface area contributed by atoms with Crippen LogP contribution < -0.4 is 16.0 Å². The fourth-order valence-electron chi connectivity index (χ4n) is 3.97. The van der Waals surface area contributed by atoms with Crippen LogP contribution in [0.3, 0.4) is 0 Å². The second-order valence-electron chi connectivity index (χ2n) is 9.89. The molecule has 0 spiro atoms. The van der Waals surface area contributed by atoms with Gasteiger partial charge in [-0.25, -0.2) is 0 Å². The molecule has 12 heteroatoms. The average molecular weight is 727 g/mol. The summed E-state index contributed by atoms with van der Waals surface area (Å²) in [4.78, 5) is 71.3. The molecule has 0 aromatic heterocycles. The number of carbonyl (C=O) groups excluding carboxylic acids is 4. The van der Waals surface area contributed by atoms with Crippen LogP contribution in [0.5, 0.6) is 0 Å². The largest absolute Gasteiger partial charge is 0.652 e. The van der Waals surface area contributed by atoms with E-state index in [0.29, 0.717) is 32.2 Å². The summed E-state index contributed by atoms with van der Waals surface area (Å²) in [5.41, 5.74) is -0.970. The van der Waals surface area contributed by atoms with Crippen LogP contribution in [0, 0.1) is 55.9 Å². The van der Waals surface area contributed by atoms with Gasteiger partial charge in [0.1, 0.15) is 6.04 Å². The number of hydrogen-bond acceptors (Lipinski definition) is 6. The Bertz CT molecular complexity index is 718. The number of nitrogens with one attached hydrogen (secondary N) is 3. The summed E-state index contributed by atoms with van der Waals surface area (Å²) < 4.78 is 0. The van der Waals surface area contributed by atoms with Crippen molar-refractivity contribution in [2.45, 2.75) is 103 Å². The fraction of sp³-hybridized carbons (Fsp3) is 0.826. The average Bonchev–Trinajstić information content (AvgIpc) is 3.27. The summed E-state index contributed by atoms with van der Waals surface area (Å²) in [7, 11) is -4.06. The molecular weight excluding hydrogens is 683 g/mol. The maximum atomic E-state index is 12.9. The van der Waals surface area contributed by atoms with E-state index in [9.17, 15) is 28.8 Å². The van der Waals surface area contributed by atoms with Crippen molar-refractivity contribution in [3.8, 4) is 0 Å². The van der Waals surface area contributed by atoms with Crippen molar-refractivity contribution in [3.05, 3.63) is 5.32 Å². The monoisotopic (exact) mass is 726 g/mol. The number of Topliss-reactive ketones (excluding diaryl/α,β-unsaturated/α-hetero) is 1. The normalized spacial score (nSPS) is 19.2. The zero-order chi connectivity index (χ0) is 26.1. The van der Waals surface area contributed by atoms with Crippen molar-refractivity contribution in [3.63, 3.8) is 0 Å². The van der Waals surface area contributed by atoms with Crippen molar-refractivity contribution in [2.75, 3.05) is 6.54 Å². The Balaban J connectivity index is 0.0000116. The maximum absolute atomic E-state index is 12.9. The number of amides is 3. The number of carbonyl (C=O) groups is 4. The summed E-state index contributed by atoms with van der Waals surface area (Å²) in [5.74, 6) is -1.86. The molecule has 0 aliphatic carbocycles. The summed E-state index contributed by atoms with van der Waals surface area (Å²) in [5, 5.41) is 12.2. The van der Waals surface area contributed by atoms with Crippen LogP contribution in [0.1, 0.15) is 73.6 Å². The fourth-order valence-corrected chi connectivity index (χ4v) is 5.81. The third-order valence-electron chi connectivity index (χ3n) is 6.16. The third kappa shape index (κ3) is 12.1. The number of ketones is 1. The van der Waals surface area contributed by atoms with Gasteiger partial charge in [0.05, 0.1) is 11.7 Å². The molecule has 1 saturated heterocycles. The first-order valence-electron chi connectivity index (χ1n) is 12.3. The van der Waals surface area contributed by atoms with Crippen molar-refractivity contribution in [2.24, 2.45) is 11.8 Å². The molecule has 0 unspecified atom stereocenters. The van der Waals surface area contributed by atoms with Gasteiger partial charge in [-0.2, -0.15) is 0 Å². The first-order chi connectivity index (χ1) is 15.8. The first kappa shape index (κ1) is 34.6. The molecule has 3 amide bonds. The Labute approximate surface area is 246 Å². The number of hydrogen-bond donors (Lipinski definition) is 5. The van der Waals surface area contributed by atoms with Crippen LogP contribution in [0.4, 0.5) is 0 Å². The molecule has 0 saturated carbocycles. The van der Waals surface area contributed by atoms with Gasteiger partial charge in [-0.05, 0) is 39.5 Å². The minimum atomic E-state index is -4.06. The van der Waals surface area contributed by atoms with Crippen molar-refractivity contribution >= 4 is 32.1 Å². The van der Waals surface area contributed by atoms with E-state index < -0.39 is 44.2 Å². The van der Waals surface area contributed by atoms with E-state index in [1.807, 2.05) is 20.8 Å². The molecular formula is C23H43AcN4O6Si-. The molecule has 199 valence electrons. The first-order valence-corrected chi connectivity index (χ1v) is 14.5. The van der Waals surface area contributed by atoms with Crippen LogP contribution in [0.25, 0.3) is 5.32 Å². The molecule has 5 N–H and O–H groups in total. The molecule has 5 atom stereocenters. The maximum Gasteiger partial charge on any atom is 0.356 e. The predicted molar refractivity (Wildman–Crippen MR) is 132 cm³/mol. The molecule has 1 fully saturated rings. The van der Waals surface area contributed by atoms with Gasteiger partial charge in [-0.15, -0.1) is 6.54 Å². The summed E-state index contributed by atoms with van der Waals surface area (Å²) in [6.07, 6.45) is 3.07. The molecule has 1 radical (unpaired) electrons. The molecule has 10 nitrogen and oxygen atoms in total. The quantitative estimate of drug-likeness (QED) is 0.168. The van der Waals surface area contributed by atoms with E-state index in [1.165, 1.54) is 20.8 Å². The molecule has 0 aromatic carbocycles. The number of nitrogens with zero attached hydrogens (tertiary/aromatic N) is 1. The van der Waals surface area contributed by atoms with Crippen molar-refractivity contribution < 1.29 is 72.8 Å². The van der Waals surface area contributed by atoms with Crippen LogP contribution in [0.15, 0.2) is 0 Å². The SMILES string of the molecule is CCC[C@H](C[Si](O)(O)[C@H](C)NC(=O)[C@H](C)NC(=O)[C@H]1CCC[N-]1)C(=O)N[C@@H](CC(C)C)C(C)=O.[Ac]. The molecule has 35 heavy (non-hydrogen) atoms. The van der Waals surface area contributed by atoms with Crippen LogP contribution in [-0.4, -0.2) is 72.0 Å². The summed E-state index contributed by atoms with van der Waals surface area (Å²) in [6.45, 7) is 10.9. The Morgan fingerprint density at radius 1 is 1.03 bits per heavy atom. The zero-order valence-electron chi connectivity index (χ0n) is 22.0. The Kier molecular flexibility index (Phi) is 16.3. The minimum Gasteiger partial charge on any atom is -0.652 e. The Hall–Kier alpha value is -0.382. The Morgan fingerprint density at radius 3 is 2.14 bits per heavy atom. The third-order valence-corrected chi connectivity index (χ3v) is 8.79. The van der Waals surface area contributed by atoms with Gasteiger partial charge in [0.15, 0.2) is 5.78 Å². The van der Waals surface area contributed by atoms with E-state index in [0.717, 1.165) is 6.42 Å². The van der Waals surface area contributed by atoms with Gasteiger partial charge in [-0.3, -0.25) is 19.2 Å². The van der Waals surface area contributed by atoms with Gasteiger partial charge in [-0.1, -0.05) is 46.1 Å². The molecule has 1 aliphatic heterocycles. The van der Waals surface area contributed by atoms with E-state index in [1.54, 1.807) is 0 Å². The van der Waals surface area contributed by atoms with E-state index >= 15 is 0 Å². The van der Waals surface area contributed by atoms with Crippen LogP contribution in [-0.2, 0) is 19.2 Å². The molecule has 1 heterocycles. The van der Waals surface area contributed by atoms with E-state index in [-0.39, 0.29) is 73.6 Å². The van der Waals surface area contributed by atoms with Gasteiger partial charge < -0.3 is 30.9 Å². The second kappa shape index (κ2) is 16.5. The van der Waals surface area contributed by atoms with Gasteiger partial charge in [0, 0.05) is 56.0 Å². The van der Waals surface area contributed by atoms with Gasteiger partial charge >= 0.3 is 8.56 Å². The van der Waals surface area contributed by atoms with Gasteiger partial charge in [0.25, 0.3) is 0 Å². The van der Waals surface area contributed by atoms with Crippen LogP contribution >= 0.6 is 0 Å². The van der Waals surface area contributed by atoms with Crippen LogP contribution in [0.2, 0.25) is 6.04 Å². The predicted octanol–water partition coefficient (Wildman–Crippen LogP) is 1.03. The molecule has 1 aliphatic rings. The molecule has 1 rings (SSSR count). The standard InChI is InChI=1S/C23H43N4O6Si.Ac/c1-7-9-18(22(30)27-20(16(5)28)12-14(2)3)13-34(32,33)17(6)26-21(29)15(4)25-23(31)19-10-8-11-24-19;/h14-15,17-20,32-33H,7-13H2,1-6H3,(H,25,31)(H,26,29)(H,27,30);/q-1;/t15-,17+,18+,19+,20-;/m0./s1. The van der Waals surface area contributed by atoms with Crippen molar-refractivity contribution in [1.82, 2.24) is 16.0 Å². The van der Waals surface area contributed by atoms with E-state index in [4.69, 9.17) is 0 Å².